The Morgan fingerprint density at radius 1 is 1.29 bits per heavy atom. The summed E-state index contributed by atoms with van der Waals surface area (Å²) in [6.07, 6.45) is 0. The monoisotopic (exact) mass is 295 g/mol. The summed E-state index contributed by atoms with van der Waals surface area (Å²) >= 11 is 0. The second kappa shape index (κ2) is 6.34. The first-order chi connectivity index (χ1) is 9.62. The van der Waals surface area contributed by atoms with E-state index in [1.165, 1.54) is 24.3 Å². The Balaban J connectivity index is 2.71. The molecule has 0 saturated heterocycles. The quantitative estimate of drug-likeness (QED) is 0.387. The van der Waals surface area contributed by atoms with Gasteiger partial charge in [-0.3, -0.25) is 19.7 Å². The summed E-state index contributed by atoms with van der Waals surface area (Å²) in [5.74, 6) is -3.33. The van der Waals surface area contributed by atoms with Crippen molar-refractivity contribution in [1.29, 1.82) is 0 Å². The molecule has 114 valence electrons. The van der Waals surface area contributed by atoms with Gasteiger partial charge in [-0.1, -0.05) is 20.8 Å². The van der Waals surface area contributed by atoms with Crippen LogP contribution >= 0.6 is 0 Å². The Morgan fingerprint density at radius 2 is 1.81 bits per heavy atom. The molecule has 0 spiro atoms. The minimum Gasteiger partial charge on any atom is -0.481 e. The summed E-state index contributed by atoms with van der Waals surface area (Å²) in [6, 6.07) is 5.50. The highest BCUT2D eigenvalue weighted by Gasteiger charge is 2.39. The van der Waals surface area contributed by atoms with E-state index in [4.69, 9.17) is 9.84 Å². The lowest BCUT2D eigenvalue weighted by Gasteiger charge is -2.25. The van der Waals surface area contributed by atoms with Gasteiger partial charge in [0.05, 0.1) is 4.92 Å². The lowest BCUT2D eigenvalue weighted by atomic mass is 9.81. The highest BCUT2D eigenvalue weighted by Crippen LogP contribution is 2.27. The van der Waals surface area contributed by atoms with Crippen molar-refractivity contribution in [3.8, 4) is 0 Å². The third-order valence-electron chi connectivity index (χ3n) is 2.88. The molecule has 0 aliphatic rings. The molecule has 0 saturated carbocycles. The van der Waals surface area contributed by atoms with Gasteiger partial charge >= 0.3 is 11.9 Å². The van der Waals surface area contributed by atoms with Crippen LogP contribution in [0.2, 0.25) is 0 Å². The fourth-order valence-corrected chi connectivity index (χ4v) is 1.78. The summed E-state index contributed by atoms with van der Waals surface area (Å²) in [4.78, 5) is 33.0. The molecule has 21 heavy (non-hydrogen) atoms. The molecule has 0 bridgehead atoms. The lowest BCUT2D eigenvalue weighted by Crippen LogP contribution is -2.36. The Bertz CT molecular complexity index is 544. The van der Waals surface area contributed by atoms with Gasteiger partial charge < -0.3 is 9.84 Å². The predicted octanol–water partition coefficient (Wildman–Crippen LogP) is 2.38. The maximum Gasteiger partial charge on any atom is 0.321 e. The van der Waals surface area contributed by atoms with Crippen molar-refractivity contribution in [2.45, 2.75) is 27.4 Å². The molecule has 7 heteroatoms. The molecule has 0 fully saturated rings. The van der Waals surface area contributed by atoms with Crippen LogP contribution in [0.5, 0.6) is 0 Å². The van der Waals surface area contributed by atoms with Crippen LogP contribution in [-0.2, 0) is 20.9 Å². The number of rotatable bonds is 5. The van der Waals surface area contributed by atoms with Crippen molar-refractivity contribution in [2.24, 2.45) is 11.3 Å². The van der Waals surface area contributed by atoms with Gasteiger partial charge in [-0.15, -0.1) is 0 Å². The summed E-state index contributed by atoms with van der Waals surface area (Å²) in [7, 11) is 0. The first-order valence-corrected chi connectivity index (χ1v) is 6.25. The zero-order valence-electron chi connectivity index (χ0n) is 12.0. The molecule has 1 aromatic rings. The molecule has 1 atom stereocenters. The smallest absolute Gasteiger partial charge is 0.321 e. The number of carboxylic acids is 1. The fourth-order valence-electron chi connectivity index (χ4n) is 1.78. The second-order valence-electron chi connectivity index (χ2n) is 5.67. The van der Waals surface area contributed by atoms with E-state index in [0.717, 1.165) is 0 Å². The van der Waals surface area contributed by atoms with Crippen LogP contribution in [-0.4, -0.2) is 22.0 Å². The number of carbonyl (C=O) groups is 2. The number of nitrogens with zero attached hydrogens (tertiary/aromatic N) is 1. The molecule has 0 radical (unpaired) electrons. The molecule has 1 rings (SSSR count). The fraction of sp³-hybridized carbons (Fsp3) is 0.429. The number of esters is 1. The minimum atomic E-state index is -1.27. The van der Waals surface area contributed by atoms with E-state index in [-0.39, 0.29) is 12.3 Å². The van der Waals surface area contributed by atoms with Crippen molar-refractivity contribution >= 4 is 17.6 Å². The third kappa shape index (κ3) is 4.55. The van der Waals surface area contributed by atoms with Crippen molar-refractivity contribution in [1.82, 2.24) is 0 Å². The Kier molecular flexibility index (Phi) is 5.02. The van der Waals surface area contributed by atoms with Gasteiger partial charge in [0.2, 0.25) is 0 Å². The van der Waals surface area contributed by atoms with Gasteiger partial charge in [0.1, 0.15) is 6.61 Å². The number of hydrogen-bond acceptors (Lipinski definition) is 5. The zero-order valence-corrected chi connectivity index (χ0v) is 12.0. The summed E-state index contributed by atoms with van der Waals surface area (Å²) in [5, 5.41) is 19.6. The molecule has 0 aliphatic carbocycles. The van der Waals surface area contributed by atoms with E-state index in [9.17, 15) is 19.7 Å². The van der Waals surface area contributed by atoms with Gasteiger partial charge in [0.25, 0.3) is 5.69 Å². The number of ether oxygens (including phenoxy) is 1. The molecule has 0 aromatic heterocycles. The zero-order chi connectivity index (χ0) is 16.2. The number of nitro benzene ring substituents is 1. The number of hydrogen-bond donors (Lipinski definition) is 1. The Labute approximate surface area is 121 Å². The van der Waals surface area contributed by atoms with Gasteiger partial charge in [-0.05, 0) is 23.1 Å². The van der Waals surface area contributed by atoms with Gasteiger partial charge in [-0.2, -0.15) is 0 Å². The molecule has 0 heterocycles. The average molecular weight is 295 g/mol. The van der Waals surface area contributed by atoms with E-state index < -0.39 is 28.2 Å². The first kappa shape index (κ1) is 16.6. The maximum atomic E-state index is 11.9. The largest absolute Gasteiger partial charge is 0.481 e. The van der Waals surface area contributed by atoms with Gasteiger partial charge in [0.15, 0.2) is 5.92 Å². The van der Waals surface area contributed by atoms with E-state index in [2.05, 4.69) is 0 Å². The molecule has 0 aliphatic heterocycles. The Hall–Kier alpha value is -2.44. The molecular weight excluding hydrogens is 278 g/mol. The molecule has 7 nitrogen and oxygen atoms in total. The SMILES string of the molecule is CC(C)(C)C(C(=O)O)C(=O)OCc1ccc([N+](=O)[O-])cc1. The molecule has 0 amide bonds. The number of carbonyl (C=O) groups excluding carboxylic acids is 1. The van der Waals surface area contributed by atoms with Gasteiger partial charge in [0, 0.05) is 12.1 Å². The van der Waals surface area contributed by atoms with Crippen LogP contribution in [0, 0.1) is 21.4 Å². The van der Waals surface area contributed by atoms with Crippen molar-refractivity contribution in [3.63, 3.8) is 0 Å². The topological polar surface area (TPSA) is 107 Å². The standard InChI is InChI=1S/C14H17NO6/c1-14(2,3)11(12(16)17)13(18)21-8-9-4-6-10(7-5-9)15(19)20/h4-7,11H,8H2,1-3H3,(H,16,17). The van der Waals surface area contributed by atoms with Crippen LogP contribution in [0.15, 0.2) is 24.3 Å². The van der Waals surface area contributed by atoms with Crippen LogP contribution < -0.4 is 0 Å². The van der Waals surface area contributed by atoms with Crippen LogP contribution in [0.1, 0.15) is 26.3 Å². The summed E-state index contributed by atoms with van der Waals surface area (Å²) in [5.41, 5.74) is -0.284. The summed E-state index contributed by atoms with van der Waals surface area (Å²) < 4.78 is 4.99. The molecule has 1 N–H and O–H groups in total. The predicted molar refractivity (Wildman–Crippen MR) is 73.5 cm³/mol. The molecule has 1 unspecified atom stereocenters. The maximum absolute atomic E-state index is 11.9. The number of aliphatic carboxylic acids is 1. The molecule has 1 aromatic carbocycles. The first-order valence-electron chi connectivity index (χ1n) is 6.25. The Morgan fingerprint density at radius 3 is 2.19 bits per heavy atom. The van der Waals surface area contributed by atoms with Crippen molar-refractivity contribution in [2.75, 3.05) is 0 Å². The van der Waals surface area contributed by atoms with E-state index in [1.807, 2.05) is 0 Å². The normalized spacial score (nSPS) is 12.5. The van der Waals surface area contributed by atoms with E-state index in [1.54, 1.807) is 20.8 Å². The summed E-state index contributed by atoms with van der Waals surface area (Å²) in [6.45, 7) is 4.79. The number of carboxylic acid groups (broad SMARTS) is 1. The number of nitro groups is 1. The van der Waals surface area contributed by atoms with E-state index in [0.29, 0.717) is 5.56 Å². The second-order valence-corrected chi connectivity index (χ2v) is 5.67. The highest BCUT2D eigenvalue weighted by atomic mass is 16.6. The van der Waals surface area contributed by atoms with Crippen LogP contribution in [0.3, 0.4) is 0 Å². The van der Waals surface area contributed by atoms with E-state index >= 15 is 0 Å². The third-order valence-corrected chi connectivity index (χ3v) is 2.88. The van der Waals surface area contributed by atoms with Crippen LogP contribution in [0.4, 0.5) is 5.69 Å². The minimum absolute atomic E-state index is 0.0665. The number of non-ortho nitro benzene ring substituents is 1. The van der Waals surface area contributed by atoms with Crippen LogP contribution in [0.25, 0.3) is 0 Å². The number of benzene rings is 1. The van der Waals surface area contributed by atoms with Gasteiger partial charge in [-0.25, -0.2) is 0 Å². The average Bonchev–Trinajstić information content (AvgIpc) is 2.34. The highest BCUT2D eigenvalue weighted by molar-refractivity contribution is 5.94. The van der Waals surface area contributed by atoms with Crippen molar-refractivity contribution < 1.29 is 24.4 Å². The lowest BCUT2D eigenvalue weighted by molar-refractivity contribution is -0.384. The molecular formula is C14H17NO6. The van der Waals surface area contributed by atoms with Crippen molar-refractivity contribution in [3.05, 3.63) is 39.9 Å².